The van der Waals surface area contributed by atoms with Gasteiger partial charge < -0.3 is 4.42 Å². The van der Waals surface area contributed by atoms with Crippen LogP contribution in [0, 0.1) is 0 Å². The van der Waals surface area contributed by atoms with Crippen molar-refractivity contribution in [3.8, 4) is 0 Å². The first-order chi connectivity index (χ1) is 6.33. The average Bonchev–Trinajstić information content (AvgIpc) is 2.51. The van der Waals surface area contributed by atoms with Gasteiger partial charge in [-0.1, -0.05) is 0 Å². The molecule has 1 heterocycles. The molecule has 74 valence electrons. The molecule has 0 saturated heterocycles. The summed E-state index contributed by atoms with van der Waals surface area (Å²) in [6, 6.07) is 3.71. The van der Waals surface area contributed by atoms with E-state index in [0.29, 0.717) is 5.22 Å². The zero-order valence-electron chi connectivity index (χ0n) is 7.33. The van der Waals surface area contributed by atoms with Crippen LogP contribution >= 0.6 is 36.0 Å². The Kier molecular flexibility index (Phi) is 5.83. The van der Waals surface area contributed by atoms with E-state index >= 15 is 0 Å². The molecular weight excluding hydrogens is 224 g/mol. The number of hydrogen-bond acceptors (Lipinski definition) is 3. The van der Waals surface area contributed by atoms with Crippen molar-refractivity contribution in [1.29, 1.82) is 0 Å². The van der Waals surface area contributed by atoms with Crippen LogP contribution in [-0.2, 0) is 5.75 Å². The van der Waals surface area contributed by atoms with Crippen molar-refractivity contribution in [2.75, 3.05) is 11.5 Å². The highest BCUT2D eigenvalue weighted by Gasteiger charge is 1.98. The van der Waals surface area contributed by atoms with Gasteiger partial charge in [-0.15, -0.1) is 0 Å². The summed E-state index contributed by atoms with van der Waals surface area (Å²) in [5.74, 6) is 4.02. The smallest absolute Gasteiger partial charge is 0.193 e. The fourth-order valence-electron chi connectivity index (χ4n) is 0.918. The first-order valence-corrected chi connectivity index (χ1v) is 6.42. The van der Waals surface area contributed by atoms with Gasteiger partial charge in [0.25, 0.3) is 0 Å². The van der Waals surface area contributed by atoms with Crippen LogP contribution in [0.15, 0.2) is 16.5 Å². The molecule has 4 heteroatoms. The molecule has 0 aromatic carbocycles. The van der Waals surface area contributed by atoms with E-state index in [9.17, 15) is 0 Å². The van der Waals surface area contributed by atoms with E-state index in [1.807, 2.05) is 17.8 Å². The molecule has 1 rings (SSSR count). The number of halogens is 1. The second kappa shape index (κ2) is 6.68. The molecule has 0 amide bonds. The highest BCUT2D eigenvalue weighted by Crippen LogP contribution is 2.19. The minimum absolute atomic E-state index is 0.478. The van der Waals surface area contributed by atoms with Gasteiger partial charge in [0.05, 0.1) is 5.75 Å². The van der Waals surface area contributed by atoms with E-state index in [-0.39, 0.29) is 0 Å². The van der Waals surface area contributed by atoms with Crippen molar-refractivity contribution in [3.05, 3.63) is 23.1 Å². The summed E-state index contributed by atoms with van der Waals surface area (Å²) in [5, 5.41) is 0.478. The highest BCUT2D eigenvalue weighted by molar-refractivity contribution is 7.98. The molecule has 1 nitrogen and oxygen atoms in total. The second-order valence-corrected chi connectivity index (χ2v) is 4.61. The number of thioether (sulfide) groups is 1. The fourth-order valence-corrected chi connectivity index (χ4v) is 2.21. The third-order valence-electron chi connectivity index (χ3n) is 1.57. The number of hydrogen-bond donors (Lipinski definition) is 1. The van der Waals surface area contributed by atoms with Crippen LogP contribution in [0.3, 0.4) is 0 Å². The molecule has 0 radical (unpaired) electrons. The van der Waals surface area contributed by atoms with Crippen molar-refractivity contribution in [2.24, 2.45) is 0 Å². The number of unbranched alkanes of at least 4 members (excludes halogenated alkanes) is 1. The Morgan fingerprint density at radius 2 is 2.23 bits per heavy atom. The molecular formula is C9H13ClOS2. The van der Waals surface area contributed by atoms with E-state index < -0.39 is 0 Å². The number of rotatable bonds is 6. The lowest BCUT2D eigenvalue weighted by Gasteiger charge is -1.97. The lowest BCUT2D eigenvalue weighted by Crippen LogP contribution is -1.82. The van der Waals surface area contributed by atoms with Crippen LogP contribution in [0.2, 0.25) is 5.22 Å². The van der Waals surface area contributed by atoms with Gasteiger partial charge in [0, 0.05) is 0 Å². The SMILES string of the molecule is SCCCCSCc1ccc(Cl)o1. The van der Waals surface area contributed by atoms with Crippen LogP contribution < -0.4 is 0 Å². The third kappa shape index (κ3) is 4.89. The summed E-state index contributed by atoms with van der Waals surface area (Å²) < 4.78 is 5.22. The Hall–Kier alpha value is 0.270. The van der Waals surface area contributed by atoms with Crippen molar-refractivity contribution in [1.82, 2.24) is 0 Å². The van der Waals surface area contributed by atoms with Crippen molar-refractivity contribution in [3.63, 3.8) is 0 Å². The Morgan fingerprint density at radius 1 is 1.38 bits per heavy atom. The number of thiol groups is 1. The minimum Gasteiger partial charge on any atom is -0.449 e. The zero-order chi connectivity index (χ0) is 9.52. The monoisotopic (exact) mass is 236 g/mol. The predicted molar refractivity (Wildman–Crippen MR) is 63.0 cm³/mol. The molecule has 0 unspecified atom stereocenters. The van der Waals surface area contributed by atoms with Crippen LogP contribution in [0.5, 0.6) is 0 Å². The Balaban J connectivity index is 2.06. The molecule has 13 heavy (non-hydrogen) atoms. The highest BCUT2D eigenvalue weighted by atomic mass is 35.5. The first-order valence-electron chi connectivity index (χ1n) is 4.26. The lowest BCUT2D eigenvalue weighted by molar-refractivity contribution is 0.532. The molecule has 0 bridgehead atoms. The van der Waals surface area contributed by atoms with Gasteiger partial charge in [0.1, 0.15) is 5.76 Å². The van der Waals surface area contributed by atoms with Gasteiger partial charge in [0.15, 0.2) is 5.22 Å². The minimum atomic E-state index is 0.478. The summed E-state index contributed by atoms with van der Waals surface area (Å²) in [6.07, 6.45) is 2.41. The van der Waals surface area contributed by atoms with Crippen LogP contribution in [0.1, 0.15) is 18.6 Å². The Bertz CT molecular complexity index is 237. The summed E-state index contributed by atoms with van der Waals surface area (Å²) in [4.78, 5) is 0. The average molecular weight is 237 g/mol. The normalized spacial score (nSPS) is 10.6. The van der Waals surface area contributed by atoms with Crippen LogP contribution in [0.25, 0.3) is 0 Å². The van der Waals surface area contributed by atoms with Gasteiger partial charge in [-0.25, -0.2) is 0 Å². The van der Waals surface area contributed by atoms with E-state index in [2.05, 4.69) is 12.6 Å². The summed E-state index contributed by atoms with van der Waals surface area (Å²) in [7, 11) is 0. The molecule has 0 aliphatic heterocycles. The third-order valence-corrected chi connectivity index (χ3v) is 3.16. The van der Waals surface area contributed by atoms with Crippen molar-refractivity contribution in [2.45, 2.75) is 18.6 Å². The van der Waals surface area contributed by atoms with E-state index in [0.717, 1.165) is 17.3 Å². The summed E-state index contributed by atoms with van der Waals surface area (Å²) in [5.41, 5.74) is 0. The Labute approximate surface area is 93.6 Å². The quantitative estimate of drug-likeness (QED) is 0.595. The van der Waals surface area contributed by atoms with Gasteiger partial charge >= 0.3 is 0 Å². The number of furan rings is 1. The second-order valence-electron chi connectivity index (χ2n) is 2.69. The molecule has 0 spiro atoms. The molecule has 0 fully saturated rings. The van der Waals surface area contributed by atoms with Crippen molar-refractivity contribution < 1.29 is 4.42 Å². The summed E-state index contributed by atoms with van der Waals surface area (Å²) >= 11 is 11.7. The molecule has 1 aromatic heterocycles. The fraction of sp³-hybridized carbons (Fsp3) is 0.556. The molecule has 0 saturated carbocycles. The van der Waals surface area contributed by atoms with Gasteiger partial charge in [-0.3, -0.25) is 0 Å². The molecule has 0 aliphatic carbocycles. The van der Waals surface area contributed by atoms with Crippen molar-refractivity contribution >= 4 is 36.0 Å². The van der Waals surface area contributed by atoms with E-state index in [4.69, 9.17) is 16.0 Å². The topological polar surface area (TPSA) is 13.1 Å². The molecule has 1 aromatic rings. The van der Waals surface area contributed by atoms with E-state index in [1.165, 1.54) is 18.6 Å². The van der Waals surface area contributed by atoms with Crippen LogP contribution in [-0.4, -0.2) is 11.5 Å². The predicted octanol–water partition coefficient (Wildman–Crippen LogP) is 3.88. The standard InChI is InChI=1S/C9H13ClOS2/c10-9-4-3-8(11-9)7-13-6-2-1-5-12/h3-4,12H,1-2,5-7H2. The molecule has 0 atom stereocenters. The van der Waals surface area contributed by atoms with Crippen LogP contribution in [0.4, 0.5) is 0 Å². The molecule has 0 aliphatic rings. The maximum atomic E-state index is 5.64. The molecule has 0 N–H and O–H groups in total. The maximum Gasteiger partial charge on any atom is 0.193 e. The Morgan fingerprint density at radius 3 is 2.85 bits per heavy atom. The van der Waals surface area contributed by atoms with Gasteiger partial charge in [-0.05, 0) is 48.1 Å². The lowest BCUT2D eigenvalue weighted by atomic mass is 10.4. The largest absolute Gasteiger partial charge is 0.449 e. The van der Waals surface area contributed by atoms with Gasteiger partial charge in [-0.2, -0.15) is 24.4 Å². The van der Waals surface area contributed by atoms with E-state index in [1.54, 1.807) is 6.07 Å². The zero-order valence-corrected chi connectivity index (χ0v) is 9.80. The first kappa shape index (κ1) is 11.3. The maximum absolute atomic E-state index is 5.64. The summed E-state index contributed by atoms with van der Waals surface area (Å²) in [6.45, 7) is 0. The van der Waals surface area contributed by atoms with Gasteiger partial charge in [0.2, 0.25) is 0 Å².